The maximum absolute atomic E-state index is 12.9. The first-order valence-electron chi connectivity index (χ1n) is 9.77. The highest BCUT2D eigenvalue weighted by molar-refractivity contribution is 7.94. The second kappa shape index (κ2) is 8.82. The molecule has 0 bridgehead atoms. The summed E-state index contributed by atoms with van der Waals surface area (Å²) in [6.45, 7) is 4.33. The summed E-state index contributed by atoms with van der Waals surface area (Å²) in [6, 6.07) is 18.3. The zero-order valence-corrected chi connectivity index (χ0v) is 19.4. The van der Waals surface area contributed by atoms with Crippen molar-refractivity contribution in [1.82, 2.24) is 9.97 Å². The third kappa shape index (κ3) is 4.81. The van der Waals surface area contributed by atoms with Crippen molar-refractivity contribution in [3.63, 3.8) is 0 Å². The zero-order chi connectivity index (χ0) is 22.0. The number of fused-ring (bicyclic) bond motifs is 1. The average molecular weight is 473 g/mol. The molecule has 0 aliphatic heterocycles. The van der Waals surface area contributed by atoms with E-state index in [9.17, 15) is 8.42 Å². The van der Waals surface area contributed by atoms with Crippen LogP contribution in [0, 0.1) is 0 Å². The summed E-state index contributed by atoms with van der Waals surface area (Å²) >= 11 is 6.90. The smallest absolute Gasteiger partial charge is 0.272 e. The molecule has 4 rings (SSSR count). The molecule has 4 aromatic rings. The monoisotopic (exact) mass is 472 g/mol. The summed E-state index contributed by atoms with van der Waals surface area (Å²) in [6.07, 6.45) is 1.06. The molecule has 0 radical (unpaired) electrons. The van der Waals surface area contributed by atoms with Crippen molar-refractivity contribution < 1.29 is 8.42 Å². The van der Waals surface area contributed by atoms with Gasteiger partial charge in [-0.2, -0.15) is 0 Å². The molecule has 1 atom stereocenters. The van der Waals surface area contributed by atoms with Gasteiger partial charge in [0.25, 0.3) is 10.0 Å². The lowest BCUT2D eigenvalue weighted by Gasteiger charge is -2.14. The summed E-state index contributed by atoms with van der Waals surface area (Å²) in [5.74, 6) is 0.907. The molecule has 2 heterocycles. The van der Waals surface area contributed by atoms with Gasteiger partial charge in [-0.05, 0) is 54.3 Å². The first kappa shape index (κ1) is 21.5. The van der Waals surface area contributed by atoms with Crippen LogP contribution >= 0.6 is 22.9 Å². The van der Waals surface area contributed by atoms with Gasteiger partial charge in [-0.15, -0.1) is 11.3 Å². The quantitative estimate of drug-likeness (QED) is 0.325. The van der Waals surface area contributed by atoms with E-state index in [1.807, 2.05) is 30.3 Å². The zero-order valence-electron chi connectivity index (χ0n) is 17.0. The molecule has 0 fully saturated rings. The molecule has 0 amide bonds. The maximum atomic E-state index is 12.9. The molecule has 0 saturated carbocycles. The van der Waals surface area contributed by atoms with E-state index in [0.29, 0.717) is 27.1 Å². The summed E-state index contributed by atoms with van der Waals surface area (Å²) in [7, 11) is -3.86. The van der Waals surface area contributed by atoms with E-state index in [4.69, 9.17) is 11.6 Å². The number of rotatable bonds is 7. The van der Waals surface area contributed by atoms with Crippen LogP contribution in [0.5, 0.6) is 0 Å². The Morgan fingerprint density at radius 1 is 0.968 bits per heavy atom. The van der Waals surface area contributed by atoms with Crippen LogP contribution in [0.4, 0.5) is 17.3 Å². The minimum atomic E-state index is -3.86. The van der Waals surface area contributed by atoms with E-state index in [2.05, 4.69) is 46.0 Å². The standard InChI is InChI=1S/C22H21ClN4O2S2/c1-3-14(2)15-8-10-16(11-9-15)24-21-22(26-18-7-5-4-6-17(18)25-21)27-31(28,29)20-13-12-19(23)30-20/h4-14H,3H2,1-2H3,(H,24,25)(H,26,27)/t14-/m0/s1. The van der Waals surface area contributed by atoms with Crippen LogP contribution in [0.2, 0.25) is 4.34 Å². The Bertz CT molecular complexity index is 1320. The number of benzene rings is 2. The topological polar surface area (TPSA) is 84.0 Å². The number of aromatic nitrogens is 2. The predicted molar refractivity (Wildman–Crippen MR) is 128 cm³/mol. The number of nitrogens with one attached hydrogen (secondary N) is 2. The Morgan fingerprint density at radius 3 is 2.19 bits per heavy atom. The van der Waals surface area contributed by atoms with E-state index < -0.39 is 10.0 Å². The van der Waals surface area contributed by atoms with Crippen LogP contribution in [0.1, 0.15) is 31.7 Å². The van der Waals surface area contributed by atoms with Crippen molar-refractivity contribution in [1.29, 1.82) is 0 Å². The van der Waals surface area contributed by atoms with Crippen molar-refractivity contribution >= 4 is 61.3 Å². The van der Waals surface area contributed by atoms with E-state index in [-0.39, 0.29) is 10.0 Å². The number of thiophene rings is 1. The predicted octanol–water partition coefficient (Wildman–Crippen LogP) is 6.40. The first-order chi connectivity index (χ1) is 14.9. The Labute approximate surface area is 190 Å². The van der Waals surface area contributed by atoms with Crippen molar-refractivity contribution in [2.75, 3.05) is 10.0 Å². The molecule has 2 aromatic heterocycles. The number of hydrogen-bond donors (Lipinski definition) is 2. The summed E-state index contributed by atoms with van der Waals surface area (Å²) in [4.78, 5) is 9.11. The lowest BCUT2D eigenvalue weighted by molar-refractivity contribution is 0.603. The van der Waals surface area contributed by atoms with Gasteiger partial charge in [-0.3, -0.25) is 4.72 Å². The normalized spacial score (nSPS) is 12.6. The molecule has 160 valence electrons. The molecular weight excluding hydrogens is 452 g/mol. The van der Waals surface area contributed by atoms with Gasteiger partial charge < -0.3 is 5.32 Å². The van der Waals surface area contributed by atoms with Crippen molar-refractivity contribution in [3.8, 4) is 0 Å². The van der Waals surface area contributed by atoms with Gasteiger partial charge in [-0.25, -0.2) is 18.4 Å². The molecule has 31 heavy (non-hydrogen) atoms. The van der Waals surface area contributed by atoms with Gasteiger partial charge in [0.05, 0.1) is 15.4 Å². The fourth-order valence-corrected chi connectivity index (χ4v) is 5.54. The van der Waals surface area contributed by atoms with Crippen molar-refractivity contribution in [2.45, 2.75) is 30.4 Å². The van der Waals surface area contributed by atoms with Crippen LogP contribution in [0.25, 0.3) is 11.0 Å². The molecule has 0 unspecified atom stereocenters. The molecular formula is C22H21ClN4O2S2. The number of para-hydroxylation sites is 2. The van der Waals surface area contributed by atoms with Gasteiger partial charge in [0.15, 0.2) is 11.6 Å². The summed E-state index contributed by atoms with van der Waals surface area (Å²) < 4.78 is 28.8. The fraction of sp³-hybridized carbons (Fsp3) is 0.182. The van der Waals surface area contributed by atoms with Crippen LogP contribution in [0.15, 0.2) is 64.9 Å². The minimum absolute atomic E-state index is 0.108. The van der Waals surface area contributed by atoms with E-state index in [1.54, 1.807) is 12.1 Å². The second-order valence-corrected chi connectivity index (χ2v) is 10.8. The second-order valence-electron chi connectivity index (χ2n) is 7.13. The number of hydrogen-bond acceptors (Lipinski definition) is 6. The third-order valence-corrected chi connectivity index (χ3v) is 8.03. The van der Waals surface area contributed by atoms with E-state index in [0.717, 1.165) is 23.4 Å². The van der Waals surface area contributed by atoms with Crippen molar-refractivity contribution in [3.05, 3.63) is 70.6 Å². The molecule has 6 nitrogen and oxygen atoms in total. The molecule has 9 heteroatoms. The lowest BCUT2D eigenvalue weighted by Crippen LogP contribution is -2.15. The maximum Gasteiger partial charge on any atom is 0.272 e. The van der Waals surface area contributed by atoms with Crippen LogP contribution < -0.4 is 10.0 Å². The lowest BCUT2D eigenvalue weighted by atomic mass is 9.99. The Balaban J connectivity index is 1.71. The van der Waals surface area contributed by atoms with Gasteiger partial charge >= 0.3 is 0 Å². The third-order valence-electron chi connectivity index (χ3n) is 4.97. The first-order valence-corrected chi connectivity index (χ1v) is 12.5. The summed E-state index contributed by atoms with van der Waals surface area (Å²) in [5, 5.41) is 3.20. The number of anilines is 3. The average Bonchev–Trinajstić information content (AvgIpc) is 3.21. The van der Waals surface area contributed by atoms with Gasteiger partial charge in [-0.1, -0.05) is 49.7 Å². The fourth-order valence-electron chi connectivity index (χ4n) is 3.05. The van der Waals surface area contributed by atoms with Crippen LogP contribution in [-0.4, -0.2) is 18.4 Å². The molecule has 0 saturated heterocycles. The Hall–Kier alpha value is -2.68. The molecule has 0 aliphatic rings. The SMILES string of the molecule is CC[C@H](C)c1ccc(Nc2nc3ccccc3nc2NS(=O)(=O)c2ccc(Cl)s2)cc1. The van der Waals surface area contributed by atoms with Crippen LogP contribution in [0.3, 0.4) is 0 Å². The Kier molecular flexibility index (Phi) is 6.13. The van der Waals surface area contributed by atoms with Gasteiger partial charge in [0, 0.05) is 5.69 Å². The number of sulfonamides is 1. The highest BCUT2D eigenvalue weighted by Gasteiger charge is 2.21. The number of nitrogens with zero attached hydrogens (tertiary/aromatic N) is 2. The highest BCUT2D eigenvalue weighted by Crippen LogP contribution is 2.31. The largest absolute Gasteiger partial charge is 0.337 e. The highest BCUT2D eigenvalue weighted by atomic mass is 35.5. The Morgan fingerprint density at radius 2 is 1.61 bits per heavy atom. The number of halogens is 1. The van der Waals surface area contributed by atoms with Crippen molar-refractivity contribution in [2.24, 2.45) is 0 Å². The molecule has 0 spiro atoms. The van der Waals surface area contributed by atoms with Gasteiger partial charge in [0.2, 0.25) is 0 Å². The van der Waals surface area contributed by atoms with E-state index in [1.165, 1.54) is 11.6 Å². The molecule has 2 aromatic carbocycles. The minimum Gasteiger partial charge on any atom is -0.337 e. The molecule has 2 N–H and O–H groups in total. The summed E-state index contributed by atoms with van der Waals surface area (Å²) in [5.41, 5.74) is 3.27. The van der Waals surface area contributed by atoms with Gasteiger partial charge in [0.1, 0.15) is 4.21 Å². The molecule has 0 aliphatic carbocycles. The van der Waals surface area contributed by atoms with Crippen LogP contribution in [-0.2, 0) is 10.0 Å². The van der Waals surface area contributed by atoms with E-state index >= 15 is 0 Å².